The van der Waals surface area contributed by atoms with Crippen molar-refractivity contribution in [3.05, 3.63) is 83.9 Å². The van der Waals surface area contributed by atoms with Gasteiger partial charge in [0.15, 0.2) is 0 Å². The molecule has 0 saturated carbocycles. The molecule has 0 spiro atoms. The van der Waals surface area contributed by atoms with Gasteiger partial charge in [-0.1, -0.05) is 30.3 Å². The van der Waals surface area contributed by atoms with Crippen LogP contribution in [0.3, 0.4) is 0 Å². The molecule has 0 fully saturated rings. The van der Waals surface area contributed by atoms with Crippen LogP contribution in [-0.2, 0) is 6.54 Å². The lowest BCUT2D eigenvalue weighted by atomic mass is 10.0. The molecule has 1 aromatic heterocycles. The summed E-state index contributed by atoms with van der Waals surface area (Å²) in [4.78, 5) is 0. The van der Waals surface area contributed by atoms with E-state index in [-0.39, 0.29) is 11.9 Å². The van der Waals surface area contributed by atoms with E-state index in [1.54, 1.807) is 12.1 Å². The number of furan rings is 1. The highest BCUT2D eigenvalue weighted by molar-refractivity contribution is 5.57. The third-order valence-corrected chi connectivity index (χ3v) is 4.00. The molecule has 124 valence electrons. The van der Waals surface area contributed by atoms with Crippen LogP contribution in [0.1, 0.15) is 24.4 Å². The van der Waals surface area contributed by atoms with Gasteiger partial charge in [-0.15, -0.1) is 0 Å². The standard InChI is InChI=1S/C20H20FNO2/c1-14(20(23)16-5-3-2-4-6-16)22-13-18-11-12-19(24-18)15-7-9-17(21)10-8-15/h2-12,14,20,22-23H,13H2,1H3/t14-,20-/m0/s1. The fraction of sp³-hybridized carbons (Fsp3) is 0.200. The molecule has 0 aliphatic rings. The summed E-state index contributed by atoms with van der Waals surface area (Å²) in [5, 5.41) is 13.6. The van der Waals surface area contributed by atoms with Crippen LogP contribution in [0.4, 0.5) is 4.39 Å². The van der Waals surface area contributed by atoms with Crippen LogP contribution in [0.2, 0.25) is 0 Å². The second-order valence-electron chi connectivity index (χ2n) is 5.80. The minimum atomic E-state index is -0.585. The molecule has 0 aliphatic carbocycles. The lowest BCUT2D eigenvalue weighted by Gasteiger charge is -2.20. The van der Waals surface area contributed by atoms with Crippen molar-refractivity contribution < 1.29 is 13.9 Å². The van der Waals surface area contributed by atoms with Gasteiger partial charge in [-0.25, -0.2) is 4.39 Å². The molecular formula is C20H20FNO2. The Kier molecular flexibility index (Phi) is 5.08. The average molecular weight is 325 g/mol. The molecule has 24 heavy (non-hydrogen) atoms. The van der Waals surface area contributed by atoms with Gasteiger partial charge in [0, 0.05) is 11.6 Å². The van der Waals surface area contributed by atoms with Crippen LogP contribution < -0.4 is 5.32 Å². The highest BCUT2D eigenvalue weighted by Gasteiger charge is 2.16. The topological polar surface area (TPSA) is 45.4 Å². The Morgan fingerprint density at radius 2 is 1.71 bits per heavy atom. The van der Waals surface area contributed by atoms with Crippen molar-refractivity contribution in [3.8, 4) is 11.3 Å². The molecule has 4 heteroatoms. The zero-order valence-corrected chi connectivity index (χ0v) is 13.4. The molecule has 2 N–H and O–H groups in total. The monoisotopic (exact) mass is 325 g/mol. The maximum atomic E-state index is 13.0. The molecule has 0 bridgehead atoms. The molecule has 0 amide bonds. The Balaban J connectivity index is 1.60. The first-order chi connectivity index (χ1) is 11.6. The van der Waals surface area contributed by atoms with Gasteiger partial charge >= 0.3 is 0 Å². The second-order valence-corrected chi connectivity index (χ2v) is 5.80. The van der Waals surface area contributed by atoms with Gasteiger partial charge in [0.2, 0.25) is 0 Å². The third kappa shape index (κ3) is 3.91. The maximum Gasteiger partial charge on any atom is 0.134 e. The zero-order valence-electron chi connectivity index (χ0n) is 13.4. The summed E-state index contributed by atoms with van der Waals surface area (Å²) in [5.41, 5.74) is 1.71. The summed E-state index contributed by atoms with van der Waals surface area (Å²) in [5.74, 6) is 1.19. The molecule has 0 saturated heterocycles. The molecule has 0 radical (unpaired) electrons. The van der Waals surface area contributed by atoms with Crippen LogP contribution in [-0.4, -0.2) is 11.1 Å². The van der Waals surface area contributed by atoms with E-state index in [1.807, 2.05) is 49.4 Å². The number of rotatable bonds is 6. The molecular weight excluding hydrogens is 305 g/mol. The van der Waals surface area contributed by atoms with Crippen molar-refractivity contribution in [1.82, 2.24) is 5.32 Å². The number of halogens is 1. The molecule has 3 aromatic rings. The minimum Gasteiger partial charge on any atom is -0.460 e. The van der Waals surface area contributed by atoms with E-state index in [0.717, 1.165) is 16.9 Å². The summed E-state index contributed by atoms with van der Waals surface area (Å²) in [7, 11) is 0. The van der Waals surface area contributed by atoms with E-state index in [2.05, 4.69) is 5.32 Å². The van der Waals surface area contributed by atoms with Gasteiger partial charge in [-0.2, -0.15) is 0 Å². The summed E-state index contributed by atoms with van der Waals surface area (Å²) in [6.45, 7) is 2.44. The third-order valence-electron chi connectivity index (χ3n) is 4.00. The Bertz CT molecular complexity index is 768. The summed E-state index contributed by atoms with van der Waals surface area (Å²) in [6.07, 6.45) is -0.585. The van der Waals surface area contributed by atoms with Crippen molar-refractivity contribution in [2.75, 3.05) is 0 Å². The first-order valence-electron chi connectivity index (χ1n) is 7.94. The van der Waals surface area contributed by atoms with E-state index in [4.69, 9.17) is 4.42 Å². The largest absolute Gasteiger partial charge is 0.460 e. The van der Waals surface area contributed by atoms with Crippen LogP contribution in [0.15, 0.2) is 71.1 Å². The Morgan fingerprint density at radius 1 is 1.00 bits per heavy atom. The van der Waals surface area contributed by atoms with E-state index in [1.165, 1.54) is 12.1 Å². The number of nitrogens with one attached hydrogen (secondary N) is 1. The number of benzene rings is 2. The van der Waals surface area contributed by atoms with Gasteiger partial charge in [-0.3, -0.25) is 0 Å². The Morgan fingerprint density at radius 3 is 2.42 bits per heavy atom. The Labute approximate surface area is 140 Å². The van der Waals surface area contributed by atoms with E-state index in [9.17, 15) is 9.50 Å². The fourth-order valence-corrected chi connectivity index (χ4v) is 2.55. The van der Waals surface area contributed by atoms with Gasteiger partial charge in [0.1, 0.15) is 17.3 Å². The van der Waals surface area contributed by atoms with Gasteiger partial charge in [0.25, 0.3) is 0 Å². The van der Waals surface area contributed by atoms with E-state index >= 15 is 0 Å². The number of aliphatic hydroxyl groups excluding tert-OH is 1. The second kappa shape index (κ2) is 7.43. The molecule has 3 nitrogen and oxygen atoms in total. The summed E-state index contributed by atoms with van der Waals surface area (Å²) < 4.78 is 18.7. The first-order valence-corrected chi connectivity index (χ1v) is 7.94. The highest BCUT2D eigenvalue weighted by Crippen LogP contribution is 2.23. The average Bonchev–Trinajstić information content (AvgIpc) is 3.09. The lowest BCUT2D eigenvalue weighted by Crippen LogP contribution is -2.31. The summed E-state index contributed by atoms with van der Waals surface area (Å²) >= 11 is 0. The minimum absolute atomic E-state index is 0.119. The molecule has 2 atom stereocenters. The van der Waals surface area contributed by atoms with Crippen LogP contribution >= 0.6 is 0 Å². The fourth-order valence-electron chi connectivity index (χ4n) is 2.55. The van der Waals surface area contributed by atoms with E-state index < -0.39 is 6.10 Å². The molecule has 3 rings (SSSR count). The van der Waals surface area contributed by atoms with Gasteiger partial charge in [0.05, 0.1) is 12.6 Å². The van der Waals surface area contributed by atoms with Crippen molar-refractivity contribution >= 4 is 0 Å². The lowest BCUT2D eigenvalue weighted by molar-refractivity contribution is 0.134. The highest BCUT2D eigenvalue weighted by atomic mass is 19.1. The predicted octanol–water partition coefficient (Wildman–Crippen LogP) is 4.30. The number of hydrogen-bond acceptors (Lipinski definition) is 3. The van der Waals surface area contributed by atoms with Crippen molar-refractivity contribution in [2.45, 2.75) is 25.6 Å². The maximum absolute atomic E-state index is 13.0. The molecule has 0 unspecified atom stereocenters. The van der Waals surface area contributed by atoms with Gasteiger partial charge in [-0.05, 0) is 48.9 Å². The summed E-state index contributed by atoms with van der Waals surface area (Å²) in [6, 6.07) is 19.4. The SMILES string of the molecule is C[C@H](NCc1ccc(-c2ccc(F)cc2)o1)[C@H](O)c1ccccc1. The van der Waals surface area contributed by atoms with Crippen molar-refractivity contribution in [3.63, 3.8) is 0 Å². The van der Waals surface area contributed by atoms with E-state index in [0.29, 0.717) is 12.3 Å². The van der Waals surface area contributed by atoms with Crippen LogP contribution in [0.5, 0.6) is 0 Å². The molecule has 1 heterocycles. The smallest absolute Gasteiger partial charge is 0.134 e. The predicted molar refractivity (Wildman–Crippen MR) is 91.8 cm³/mol. The quantitative estimate of drug-likeness (QED) is 0.710. The number of aliphatic hydroxyl groups is 1. The van der Waals surface area contributed by atoms with Gasteiger partial charge < -0.3 is 14.8 Å². The number of hydrogen-bond donors (Lipinski definition) is 2. The van der Waals surface area contributed by atoms with Crippen molar-refractivity contribution in [2.24, 2.45) is 0 Å². The van der Waals surface area contributed by atoms with Crippen molar-refractivity contribution in [1.29, 1.82) is 0 Å². The normalized spacial score (nSPS) is 13.6. The Hall–Kier alpha value is -2.43. The zero-order chi connectivity index (χ0) is 16.9. The first kappa shape index (κ1) is 16.4. The molecule has 0 aliphatic heterocycles. The van der Waals surface area contributed by atoms with Crippen LogP contribution in [0, 0.1) is 5.82 Å². The van der Waals surface area contributed by atoms with Crippen LogP contribution in [0.25, 0.3) is 11.3 Å². The molecule has 2 aromatic carbocycles.